The number of halogens is 3. The van der Waals surface area contributed by atoms with Crippen LogP contribution in [0.4, 0.5) is 18.0 Å². The van der Waals surface area contributed by atoms with Crippen LogP contribution in [0.15, 0.2) is 0 Å². The van der Waals surface area contributed by atoms with Crippen molar-refractivity contribution in [2.75, 3.05) is 12.3 Å². The second-order valence-corrected chi connectivity index (χ2v) is 5.77. The lowest BCUT2D eigenvalue weighted by atomic mass is 9.70. The number of carbonyl (C=O) groups excluding carboxylic acids is 2. The molecule has 3 amide bonds. The molecular formula is C11H15F3N2O2S. The van der Waals surface area contributed by atoms with Crippen LogP contribution in [-0.4, -0.2) is 40.9 Å². The minimum absolute atomic E-state index is 0.00678. The van der Waals surface area contributed by atoms with E-state index in [9.17, 15) is 22.8 Å². The van der Waals surface area contributed by atoms with Crippen molar-refractivity contribution in [3.05, 3.63) is 0 Å². The summed E-state index contributed by atoms with van der Waals surface area (Å²) in [5, 5.41) is 1.75. The molecule has 0 aromatic heterocycles. The zero-order chi connectivity index (χ0) is 14.5. The molecule has 0 spiro atoms. The van der Waals surface area contributed by atoms with Crippen molar-refractivity contribution >= 4 is 24.6 Å². The molecule has 1 saturated heterocycles. The Hall–Kier alpha value is -0.920. The summed E-state index contributed by atoms with van der Waals surface area (Å²) in [6, 6.07) is -0.974. The van der Waals surface area contributed by atoms with Crippen molar-refractivity contribution in [3.63, 3.8) is 0 Å². The molecular weight excluding hydrogens is 281 g/mol. The Balaban J connectivity index is 2.20. The number of imide groups is 1. The van der Waals surface area contributed by atoms with Gasteiger partial charge in [0.25, 0.3) is 5.91 Å². The maximum Gasteiger partial charge on any atom is 0.420 e. The summed E-state index contributed by atoms with van der Waals surface area (Å²) >= 11 is 4.17. The summed E-state index contributed by atoms with van der Waals surface area (Å²) in [6.45, 7) is 0.703. The molecule has 108 valence electrons. The van der Waals surface area contributed by atoms with Crippen LogP contribution in [0.2, 0.25) is 0 Å². The van der Waals surface area contributed by atoms with Gasteiger partial charge in [-0.15, -0.1) is 0 Å². The maximum atomic E-state index is 12.9. The molecule has 0 bridgehead atoms. The number of nitrogens with one attached hydrogen (secondary N) is 1. The molecule has 1 aliphatic carbocycles. The number of carbonyl (C=O) groups is 2. The highest BCUT2D eigenvalue weighted by Gasteiger charge is 2.64. The predicted octanol–water partition coefficient (Wildman–Crippen LogP) is 1.96. The van der Waals surface area contributed by atoms with E-state index in [0.29, 0.717) is 17.6 Å². The number of alkyl halides is 3. The molecule has 4 nitrogen and oxygen atoms in total. The fourth-order valence-corrected chi connectivity index (χ4v) is 2.83. The predicted molar refractivity (Wildman–Crippen MR) is 64.8 cm³/mol. The Morgan fingerprint density at radius 2 is 1.95 bits per heavy atom. The Bertz CT molecular complexity index is 417. The van der Waals surface area contributed by atoms with Crippen LogP contribution in [0.25, 0.3) is 0 Å². The first-order valence-corrected chi connectivity index (χ1v) is 6.60. The third kappa shape index (κ3) is 2.09. The minimum Gasteiger partial charge on any atom is -0.316 e. The van der Waals surface area contributed by atoms with Gasteiger partial charge in [-0.25, -0.2) is 4.79 Å². The van der Waals surface area contributed by atoms with Crippen molar-refractivity contribution in [2.24, 2.45) is 5.41 Å². The average Bonchev–Trinajstić information content (AvgIpc) is 2.46. The summed E-state index contributed by atoms with van der Waals surface area (Å²) < 4.78 is 38.6. The Morgan fingerprint density at radius 3 is 2.26 bits per heavy atom. The standard InChI is InChI=1S/C11H15F3N2O2S/c1-9(11(12,13)14)7(17)16(8(18)15-9)5-10(6-19)3-2-4-10/h19H,2-6H2,1H3,(H,15,18). The number of amides is 3. The van der Waals surface area contributed by atoms with Crippen molar-refractivity contribution in [1.82, 2.24) is 10.2 Å². The summed E-state index contributed by atoms with van der Waals surface area (Å²) in [5.41, 5.74) is -3.14. The second kappa shape index (κ2) is 4.29. The van der Waals surface area contributed by atoms with Gasteiger partial charge in [0.1, 0.15) is 0 Å². The molecule has 1 unspecified atom stereocenters. The minimum atomic E-state index is -4.80. The van der Waals surface area contributed by atoms with Gasteiger partial charge in [-0.1, -0.05) is 6.42 Å². The molecule has 1 N–H and O–H groups in total. The van der Waals surface area contributed by atoms with Gasteiger partial charge in [-0.2, -0.15) is 25.8 Å². The van der Waals surface area contributed by atoms with E-state index in [0.717, 1.165) is 19.3 Å². The monoisotopic (exact) mass is 296 g/mol. The molecule has 2 rings (SSSR count). The van der Waals surface area contributed by atoms with E-state index in [1.54, 1.807) is 5.32 Å². The molecule has 0 radical (unpaired) electrons. The molecule has 2 aliphatic rings. The molecule has 19 heavy (non-hydrogen) atoms. The zero-order valence-electron chi connectivity index (χ0n) is 10.4. The van der Waals surface area contributed by atoms with Crippen LogP contribution in [-0.2, 0) is 4.79 Å². The van der Waals surface area contributed by atoms with Crippen LogP contribution in [0.5, 0.6) is 0 Å². The zero-order valence-corrected chi connectivity index (χ0v) is 11.3. The Labute approximate surface area is 114 Å². The van der Waals surface area contributed by atoms with E-state index in [2.05, 4.69) is 12.6 Å². The molecule has 1 heterocycles. The van der Waals surface area contributed by atoms with Gasteiger partial charge in [0.05, 0.1) is 0 Å². The third-order valence-corrected chi connectivity index (χ3v) is 4.76. The second-order valence-electron chi connectivity index (χ2n) is 5.46. The summed E-state index contributed by atoms with van der Waals surface area (Å²) in [6.07, 6.45) is -2.31. The highest BCUT2D eigenvalue weighted by atomic mass is 32.1. The van der Waals surface area contributed by atoms with Crippen LogP contribution in [0.1, 0.15) is 26.2 Å². The van der Waals surface area contributed by atoms with E-state index in [1.807, 2.05) is 0 Å². The van der Waals surface area contributed by atoms with Crippen molar-refractivity contribution < 1.29 is 22.8 Å². The fourth-order valence-electron chi connectivity index (χ4n) is 2.41. The molecule has 1 atom stereocenters. The van der Waals surface area contributed by atoms with Gasteiger partial charge >= 0.3 is 12.2 Å². The quantitative estimate of drug-likeness (QED) is 0.618. The van der Waals surface area contributed by atoms with Gasteiger partial charge in [0.2, 0.25) is 5.54 Å². The smallest absolute Gasteiger partial charge is 0.316 e. The van der Waals surface area contributed by atoms with E-state index in [-0.39, 0.29) is 12.0 Å². The largest absolute Gasteiger partial charge is 0.420 e. The maximum absolute atomic E-state index is 12.9. The van der Waals surface area contributed by atoms with Gasteiger partial charge in [-0.05, 0) is 30.9 Å². The highest BCUT2D eigenvalue weighted by molar-refractivity contribution is 7.80. The lowest BCUT2D eigenvalue weighted by Gasteiger charge is -2.42. The summed E-state index contributed by atoms with van der Waals surface area (Å²) in [5.74, 6) is -0.773. The number of thiol groups is 1. The van der Waals surface area contributed by atoms with Crippen molar-refractivity contribution in [2.45, 2.75) is 37.9 Å². The van der Waals surface area contributed by atoms with Gasteiger partial charge in [0.15, 0.2) is 0 Å². The first-order chi connectivity index (χ1) is 8.65. The molecule has 2 fully saturated rings. The molecule has 1 saturated carbocycles. The van der Waals surface area contributed by atoms with Gasteiger partial charge in [0, 0.05) is 6.54 Å². The van der Waals surface area contributed by atoms with Crippen LogP contribution in [0.3, 0.4) is 0 Å². The summed E-state index contributed by atoms with van der Waals surface area (Å²) in [4.78, 5) is 24.2. The normalized spacial score (nSPS) is 30.3. The van der Waals surface area contributed by atoms with Gasteiger partial charge in [-0.3, -0.25) is 9.69 Å². The Morgan fingerprint density at radius 1 is 1.37 bits per heavy atom. The summed E-state index contributed by atoms with van der Waals surface area (Å²) in [7, 11) is 0. The van der Waals surface area contributed by atoms with E-state index < -0.39 is 23.7 Å². The SMILES string of the molecule is CC1(C(F)(F)F)NC(=O)N(CC2(CS)CCC2)C1=O. The van der Waals surface area contributed by atoms with Crippen LogP contribution < -0.4 is 5.32 Å². The van der Waals surface area contributed by atoms with Crippen molar-refractivity contribution in [3.8, 4) is 0 Å². The number of hydrogen-bond acceptors (Lipinski definition) is 3. The molecule has 0 aromatic rings. The number of rotatable bonds is 3. The van der Waals surface area contributed by atoms with E-state index in [4.69, 9.17) is 0 Å². The van der Waals surface area contributed by atoms with E-state index >= 15 is 0 Å². The van der Waals surface area contributed by atoms with Gasteiger partial charge < -0.3 is 5.32 Å². The lowest BCUT2D eigenvalue weighted by molar-refractivity contribution is -0.191. The molecule has 0 aromatic carbocycles. The fraction of sp³-hybridized carbons (Fsp3) is 0.818. The Kier molecular flexibility index (Phi) is 3.27. The molecule has 8 heteroatoms. The number of hydrogen-bond donors (Lipinski definition) is 2. The van der Waals surface area contributed by atoms with Crippen LogP contribution in [0, 0.1) is 5.41 Å². The first-order valence-electron chi connectivity index (χ1n) is 5.97. The first kappa shape index (κ1) is 14.5. The highest BCUT2D eigenvalue weighted by Crippen LogP contribution is 2.44. The molecule has 1 aliphatic heterocycles. The lowest BCUT2D eigenvalue weighted by Crippen LogP contribution is -2.56. The topological polar surface area (TPSA) is 49.4 Å². The number of nitrogens with zero attached hydrogens (tertiary/aromatic N) is 1. The van der Waals surface area contributed by atoms with Crippen molar-refractivity contribution in [1.29, 1.82) is 0 Å². The average molecular weight is 296 g/mol. The third-order valence-electron chi connectivity index (χ3n) is 4.09. The number of urea groups is 1. The van der Waals surface area contributed by atoms with Crippen LogP contribution >= 0.6 is 12.6 Å². The van der Waals surface area contributed by atoms with E-state index in [1.165, 1.54) is 0 Å².